The number of carbonyl (C=O) groups excluding carboxylic acids is 8. The molecular weight excluding hydrogens is 1600 g/mol. The molecule has 0 aliphatic carbocycles. The molecule has 0 saturated carbocycles. The number of rotatable bonds is 47. The van der Waals surface area contributed by atoms with E-state index >= 15 is 0 Å². The molecule has 18 nitrogen and oxygen atoms in total. The monoisotopic (exact) mass is 1730 g/mol. The second-order valence-electron chi connectivity index (χ2n) is 32.0. The Hall–Kier alpha value is -11.9. The van der Waals surface area contributed by atoms with Gasteiger partial charge in [0, 0.05) is 61.7 Å². The van der Waals surface area contributed by atoms with Crippen molar-refractivity contribution in [3.05, 3.63) is 350 Å². The van der Waals surface area contributed by atoms with E-state index in [0.29, 0.717) is 83.0 Å². The summed E-state index contributed by atoms with van der Waals surface area (Å²) in [7, 11) is 0. The average Bonchev–Trinajstić information content (AvgIpc) is 0.838. The van der Waals surface area contributed by atoms with Gasteiger partial charge in [-0.25, -0.2) is 38.4 Å². The largest absolute Gasteiger partial charge is 0.459 e. The van der Waals surface area contributed by atoms with Crippen molar-refractivity contribution in [2.75, 3.05) is 0 Å². The number of hydrogen-bond acceptors (Lipinski definition) is 18. The number of hydrogen-bond donors (Lipinski definition) is 2. The molecule has 8 aromatic carbocycles. The number of aliphatic hydroxyl groups is 2. The molecule has 0 saturated heterocycles. The number of carbonyl (C=O) groups is 8. The van der Waals surface area contributed by atoms with Crippen LogP contribution in [0, 0.1) is 29.6 Å². The van der Waals surface area contributed by atoms with Gasteiger partial charge in [-0.3, -0.25) is 0 Å². The topological polar surface area (TPSA) is 251 Å². The zero-order valence-electron chi connectivity index (χ0n) is 76.8. The lowest BCUT2D eigenvalue weighted by Crippen LogP contribution is -2.39. The average molecular weight is 1740 g/mol. The first kappa shape index (κ1) is 107. The van der Waals surface area contributed by atoms with Crippen LogP contribution in [0.5, 0.6) is 0 Å². The molecule has 8 aromatic rings. The van der Waals surface area contributed by atoms with E-state index in [-0.39, 0.29) is 65.4 Å². The molecule has 0 aliphatic rings. The van der Waals surface area contributed by atoms with E-state index < -0.39 is 72.5 Å². The molecule has 2 N–H and O–H groups in total. The van der Waals surface area contributed by atoms with Gasteiger partial charge in [0.1, 0.15) is 48.3 Å². The van der Waals surface area contributed by atoms with Crippen molar-refractivity contribution in [1.82, 2.24) is 0 Å². The standard InChI is InChI=1S/3C25H30O4.C23H26O4.C11H22O2/c1-4-5-12-19(2)17-23(29-25(27)22-15-10-7-11-16-22)18-20(3)28-24(26)21-13-8-6-9-14-21;1-4-6-18-25(17-5-2,29-24(27)22-15-11-8-12-16-22)19-20(3)28-23(26)21-13-9-7-10-14-21;1-4-6-13-20(5-2)23(29-25(27)22-16-11-8-12-17-22)18-19(3)28-24(26)21-14-9-7-10-15-21;1-5-16(2)21(27-23(25)20-14-10-7-11-15-20)17(3)18(4)26-22(24)19-12-8-6-9-13-19;1-5-9(6-2)11(13)10(7-3)8(4)12/h6-11,13-16,20,23H,2,4-5,12,17-18H2,1,3H3;5,7-16,20H,2,4,6,17-19H2,1,3H3;5,7-12,14-17,19-20,23H,2,4,6,13,18H2,1,3H3;5-18,21H,1H2,2-4H3;5,8-13H,1,6-7H2,2-4H3. The first-order valence-electron chi connectivity index (χ1n) is 44.7. The van der Waals surface area contributed by atoms with Crippen molar-refractivity contribution in [2.45, 2.75) is 246 Å². The van der Waals surface area contributed by atoms with Crippen LogP contribution >= 0.6 is 0 Å². The van der Waals surface area contributed by atoms with Crippen LogP contribution in [-0.2, 0) is 37.9 Å². The van der Waals surface area contributed by atoms with Crippen LogP contribution in [0.2, 0.25) is 0 Å². The highest BCUT2D eigenvalue weighted by Crippen LogP contribution is 2.34. The number of aliphatic hydroxyl groups excluding tert-OH is 2. The molecule has 682 valence electrons. The Morgan fingerprint density at radius 1 is 0.386 bits per heavy atom. The van der Waals surface area contributed by atoms with E-state index in [1.54, 1.807) is 207 Å². The van der Waals surface area contributed by atoms with E-state index in [2.05, 4.69) is 53.7 Å². The molecule has 127 heavy (non-hydrogen) atoms. The molecular formula is C109H138O18. The van der Waals surface area contributed by atoms with Crippen LogP contribution in [0.3, 0.4) is 0 Å². The van der Waals surface area contributed by atoms with Crippen LogP contribution < -0.4 is 0 Å². The minimum Gasteiger partial charge on any atom is -0.459 e. The van der Waals surface area contributed by atoms with E-state index in [0.717, 1.165) is 69.8 Å². The fraction of sp³-hybridized carbons (Fsp3) is 0.394. The Morgan fingerprint density at radius 3 is 1.08 bits per heavy atom. The molecule has 15 atom stereocenters. The number of unbranched alkanes of at least 4 members (excludes halogenated alkanes) is 3. The van der Waals surface area contributed by atoms with E-state index in [1.165, 1.54) is 0 Å². The summed E-state index contributed by atoms with van der Waals surface area (Å²) in [5.41, 5.74) is 4.28. The van der Waals surface area contributed by atoms with Crippen molar-refractivity contribution in [2.24, 2.45) is 29.6 Å². The van der Waals surface area contributed by atoms with Gasteiger partial charge in [-0.15, -0.1) is 26.3 Å². The molecule has 0 heterocycles. The predicted octanol–water partition coefficient (Wildman–Crippen LogP) is 24.7. The maximum Gasteiger partial charge on any atom is 0.338 e. The SMILES string of the molecule is C=C(CCCC)CC(CC(C)OC(=O)c1ccccc1)OC(=O)c1ccccc1.C=CC(C)C(OC(=O)c1ccccc1)C(C)C(C)OC(=O)c1ccccc1.C=CC(CC)C(O)C(CC)C(C)O.C=CC(CCCC)C(CC(C)OC(=O)c1ccccc1)OC(=O)c1ccccc1.C=CCC(CCCC)(CC(C)OC(=O)c1ccccc1)OC(=O)c1ccccc1. The van der Waals surface area contributed by atoms with Gasteiger partial charge in [-0.05, 0) is 177 Å². The molecule has 0 radical (unpaired) electrons. The molecule has 8 rings (SSSR count). The summed E-state index contributed by atoms with van der Waals surface area (Å²) in [5, 5.41) is 19.3. The summed E-state index contributed by atoms with van der Waals surface area (Å²) in [6.45, 7) is 42.6. The summed E-state index contributed by atoms with van der Waals surface area (Å²) in [6, 6.07) is 71.1. The third-order valence-corrected chi connectivity index (χ3v) is 21.7. The van der Waals surface area contributed by atoms with Gasteiger partial charge in [-0.1, -0.05) is 256 Å². The van der Waals surface area contributed by atoms with E-state index in [4.69, 9.17) is 37.9 Å². The summed E-state index contributed by atoms with van der Waals surface area (Å²) in [6.07, 6.45) is 15.8. The van der Waals surface area contributed by atoms with Crippen LogP contribution in [0.15, 0.2) is 305 Å². The van der Waals surface area contributed by atoms with Crippen LogP contribution in [-0.4, -0.2) is 119 Å². The Morgan fingerprint density at radius 2 is 0.732 bits per heavy atom. The molecule has 0 amide bonds. The summed E-state index contributed by atoms with van der Waals surface area (Å²) in [4.78, 5) is 99.7. The molecule has 15 unspecified atom stereocenters. The first-order chi connectivity index (χ1) is 61.0. The van der Waals surface area contributed by atoms with E-state index in [1.807, 2.05) is 122 Å². The summed E-state index contributed by atoms with van der Waals surface area (Å²) < 4.78 is 45.8. The third kappa shape index (κ3) is 40.1. The minimum absolute atomic E-state index is 0.000453. The zero-order valence-corrected chi connectivity index (χ0v) is 76.8. The molecule has 18 heteroatoms. The van der Waals surface area contributed by atoms with Gasteiger partial charge in [0.15, 0.2) is 0 Å². The molecule has 0 spiro atoms. The van der Waals surface area contributed by atoms with Gasteiger partial charge < -0.3 is 48.1 Å². The Balaban J connectivity index is 0.000000339. The molecule has 0 aromatic heterocycles. The highest BCUT2D eigenvalue weighted by Gasteiger charge is 2.38. The fourth-order valence-electron chi connectivity index (χ4n) is 14.2. The van der Waals surface area contributed by atoms with Gasteiger partial charge in [0.25, 0.3) is 0 Å². The van der Waals surface area contributed by atoms with Crippen molar-refractivity contribution < 1.29 is 86.5 Å². The second-order valence-corrected chi connectivity index (χ2v) is 32.0. The lowest BCUT2D eigenvalue weighted by atomic mass is 9.84. The lowest BCUT2D eigenvalue weighted by Gasteiger charge is -2.35. The fourth-order valence-corrected chi connectivity index (χ4v) is 14.2. The predicted molar refractivity (Wildman–Crippen MR) is 505 cm³/mol. The van der Waals surface area contributed by atoms with Crippen molar-refractivity contribution >= 4 is 47.8 Å². The highest BCUT2D eigenvalue weighted by atomic mass is 16.6. The lowest BCUT2D eigenvalue weighted by molar-refractivity contribution is -0.0498. The van der Waals surface area contributed by atoms with Gasteiger partial charge in [0.05, 0.1) is 56.7 Å². The maximum absolute atomic E-state index is 12.8. The van der Waals surface area contributed by atoms with Crippen LogP contribution in [0.4, 0.5) is 0 Å². The Kier molecular flexibility index (Phi) is 51.4. The van der Waals surface area contributed by atoms with Crippen LogP contribution in [0.1, 0.15) is 269 Å². The summed E-state index contributed by atoms with van der Waals surface area (Å²) in [5.74, 6) is -3.29. The highest BCUT2D eigenvalue weighted by molar-refractivity contribution is 5.93. The van der Waals surface area contributed by atoms with Gasteiger partial charge >= 0.3 is 47.8 Å². The Bertz CT molecular complexity index is 4510. The van der Waals surface area contributed by atoms with Gasteiger partial charge in [-0.2, -0.15) is 0 Å². The van der Waals surface area contributed by atoms with Crippen LogP contribution in [0.25, 0.3) is 0 Å². The number of ether oxygens (including phenoxy) is 8. The van der Waals surface area contributed by atoms with Crippen molar-refractivity contribution in [1.29, 1.82) is 0 Å². The van der Waals surface area contributed by atoms with Gasteiger partial charge in [0.2, 0.25) is 0 Å². The number of benzene rings is 8. The number of esters is 8. The summed E-state index contributed by atoms with van der Waals surface area (Å²) >= 11 is 0. The molecule has 0 bridgehead atoms. The maximum atomic E-state index is 12.8. The Labute approximate surface area is 755 Å². The quantitative estimate of drug-likeness (QED) is 0.0204. The van der Waals surface area contributed by atoms with E-state index in [9.17, 15) is 48.6 Å². The molecule has 0 fully saturated rings. The zero-order chi connectivity index (χ0) is 93.5. The third-order valence-electron chi connectivity index (χ3n) is 21.7. The van der Waals surface area contributed by atoms with Crippen molar-refractivity contribution in [3.8, 4) is 0 Å². The second kappa shape index (κ2) is 60.7. The van der Waals surface area contributed by atoms with Crippen molar-refractivity contribution in [3.63, 3.8) is 0 Å². The minimum atomic E-state index is -0.763. The first-order valence-corrected chi connectivity index (χ1v) is 44.7. The normalized spacial score (nSPS) is 14.4. The molecule has 0 aliphatic heterocycles. The smallest absolute Gasteiger partial charge is 0.338 e.